The minimum absolute atomic E-state index is 0.0511. The standard InChI is InChI=1S/C21H25NO/c1-21(2,18-9-4-3-5-10-18)15-22-20(23)14-17-13-12-16-8-6-7-11-19(16)17/h3-11,17H,12-15H2,1-2H3,(H,22,23). The van der Waals surface area contributed by atoms with Crippen molar-refractivity contribution in [1.82, 2.24) is 5.32 Å². The number of hydrogen-bond donors (Lipinski definition) is 1. The molecule has 2 heteroatoms. The van der Waals surface area contributed by atoms with Crippen molar-refractivity contribution in [3.63, 3.8) is 0 Å². The van der Waals surface area contributed by atoms with Gasteiger partial charge in [-0.25, -0.2) is 0 Å². The maximum absolute atomic E-state index is 12.4. The molecular weight excluding hydrogens is 282 g/mol. The lowest BCUT2D eigenvalue weighted by atomic mass is 9.84. The monoisotopic (exact) mass is 307 g/mol. The van der Waals surface area contributed by atoms with Gasteiger partial charge in [-0.15, -0.1) is 0 Å². The second-order valence-electron chi connectivity index (χ2n) is 7.17. The molecule has 1 unspecified atom stereocenters. The molecule has 0 bridgehead atoms. The molecule has 120 valence electrons. The largest absolute Gasteiger partial charge is 0.355 e. The molecule has 2 nitrogen and oxygen atoms in total. The number of amides is 1. The molecule has 1 aliphatic rings. The van der Waals surface area contributed by atoms with E-state index in [1.165, 1.54) is 16.7 Å². The number of carbonyl (C=O) groups excluding carboxylic acids is 1. The molecule has 0 heterocycles. The summed E-state index contributed by atoms with van der Waals surface area (Å²) in [4.78, 5) is 12.4. The van der Waals surface area contributed by atoms with E-state index in [0.29, 0.717) is 18.9 Å². The molecule has 0 fully saturated rings. The fourth-order valence-electron chi connectivity index (χ4n) is 3.46. The Kier molecular flexibility index (Phi) is 4.51. The highest BCUT2D eigenvalue weighted by Crippen LogP contribution is 2.35. The number of benzene rings is 2. The van der Waals surface area contributed by atoms with Crippen LogP contribution in [0.4, 0.5) is 0 Å². The number of aryl methyl sites for hydroxylation is 1. The third kappa shape index (κ3) is 3.64. The van der Waals surface area contributed by atoms with Crippen LogP contribution in [0.3, 0.4) is 0 Å². The van der Waals surface area contributed by atoms with Crippen molar-refractivity contribution >= 4 is 5.91 Å². The quantitative estimate of drug-likeness (QED) is 0.881. The highest BCUT2D eigenvalue weighted by molar-refractivity contribution is 5.77. The van der Waals surface area contributed by atoms with E-state index in [-0.39, 0.29) is 11.3 Å². The van der Waals surface area contributed by atoms with E-state index >= 15 is 0 Å². The normalized spacial score (nSPS) is 16.9. The molecule has 0 spiro atoms. The molecule has 2 aromatic carbocycles. The van der Waals surface area contributed by atoms with Gasteiger partial charge in [-0.1, -0.05) is 68.4 Å². The zero-order valence-corrected chi connectivity index (χ0v) is 14.0. The summed E-state index contributed by atoms with van der Waals surface area (Å²) in [5.74, 6) is 0.543. The van der Waals surface area contributed by atoms with E-state index in [9.17, 15) is 4.79 Å². The van der Waals surface area contributed by atoms with E-state index in [0.717, 1.165) is 12.8 Å². The van der Waals surface area contributed by atoms with Crippen molar-refractivity contribution in [3.05, 3.63) is 71.3 Å². The van der Waals surface area contributed by atoms with Gasteiger partial charge in [-0.2, -0.15) is 0 Å². The average Bonchev–Trinajstić information content (AvgIpc) is 2.97. The Balaban J connectivity index is 1.57. The first-order chi connectivity index (χ1) is 11.1. The molecule has 3 rings (SSSR count). The summed E-state index contributed by atoms with van der Waals surface area (Å²) in [7, 11) is 0. The van der Waals surface area contributed by atoms with Gasteiger partial charge in [0.05, 0.1) is 0 Å². The van der Waals surface area contributed by atoms with Crippen LogP contribution < -0.4 is 5.32 Å². The van der Waals surface area contributed by atoms with Crippen molar-refractivity contribution < 1.29 is 4.79 Å². The summed E-state index contributed by atoms with van der Waals surface area (Å²) >= 11 is 0. The van der Waals surface area contributed by atoms with Gasteiger partial charge >= 0.3 is 0 Å². The maximum Gasteiger partial charge on any atom is 0.220 e. The molecule has 1 N–H and O–H groups in total. The molecule has 2 aromatic rings. The van der Waals surface area contributed by atoms with Gasteiger partial charge in [-0.05, 0) is 35.4 Å². The minimum Gasteiger partial charge on any atom is -0.355 e. The Hall–Kier alpha value is -2.09. The zero-order chi connectivity index (χ0) is 16.3. The van der Waals surface area contributed by atoms with Gasteiger partial charge in [0.1, 0.15) is 0 Å². The Labute approximate surface area is 138 Å². The third-order valence-electron chi connectivity index (χ3n) is 4.97. The van der Waals surface area contributed by atoms with E-state index in [4.69, 9.17) is 0 Å². The molecule has 1 aliphatic carbocycles. The van der Waals surface area contributed by atoms with Crippen LogP contribution in [-0.4, -0.2) is 12.5 Å². The predicted molar refractivity (Wildman–Crippen MR) is 94.6 cm³/mol. The first-order valence-corrected chi connectivity index (χ1v) is 8.46. The second-order valence-corrected chi connectivity index (χ2v) is 7.17. The van der Waals surface area contributed by atoms with Crippen LogP contribution in [0.2, 0.25) is 0 Å². The van der Waals surface area contributed by atoms with Crippen molar-refractivity contribution in [2.45, 2.75) is 44.4 Å². The highest BCUT2D eigenvalue weighted by Gasteiger charge is 2.26. The van der Waals surface area contributed by atoms with Crippen molar-refractivity contribution in [1.29, 1.82) is 0 Å². The lowest BCUT2D eigenvalue weighted by Gasteiger charge is -2.26. The molecular formula is C21H25NO. The second kappa shape index (κ2) is 6.57. The van der Waals surface area contributed by atoms with Crippen molar-refractivity contribution in [3.8, 4) is 0 Å². The summed E-state index contributed by atoms with van der Waals surface area (Å²) in [6.07, 6.45) is 2.79. The fourth-order valence-corrected chi connectivity index (χ4v) is 3.46. The van der Waals surface area contributed by atoms with Crippen LogP contribution in [0.1, 0.15) is 49.3 Å². The molecule has 1 amide bonds. The Morgan fingerprint density at radius 2 is 1.78 bits per heavy atom. The van der Waals surface area contributed by atoms with Crippen molar-refractivity contribution in [2.75, 3.05) is 6.54 Å². The molecule has 1 atom stereocenters. The summed E-state index contributed by atoms with van der Waals surface area (Å²) < 4.78 is 0. The highest BCUT2D eigenvalue weighted by atomic mass is 16.1. The van der Waals surface area contributed by atoms with E-state index in [1.807, 2.05) is 18.2 Å². The number of rotatable bonds is 5. The average molecular weight is 307 g/mol. The summed E-state index contributed by atoms with van der Waals surface area (Å²) in [6, 6.07) is 18.9. The van der Waals surface area contributed by atoms with Gasteiger partial charge in [0, 0.05) is 18.4 Å². The topological polar surface area (TPSA) is 29.1 Å². The smallest absolute Gasteiger partial charge is 0.220 e. The van der Waals surface area contributed by atoms with E-state index < -0.39 is 0 Å². The van der Waals surface area contributed by atoms with Gasteiger partial charge in [0.2, 0.25) is 5.91 Å². The van der Waals surface area contributed by atoms with Gasteiger partial charge in [0.15, 0.2) is 0 Å². The number of fused-ring (bicyclic) bond motifs is 1. The van der Waals surface area contributed by atoms with E-state index in [1.54, 1.807) is 0 Å². The lowest BCUT2D eigenvalue weighted by molar-refractivity contribution is -0.121. The van der Waals surface area contributed by atoms with Crippen LogP contribution in [0.5, 0.6) is 0 Å². The fraction of sp³-hybridized carbons (Fsp3) is 0.381. The molecule has 0 saturated heterocycles. The summed E-state index contributed by atoms with van der Waals surface area (Å²) in [5, 5.41) is 3.14. The van der Waals surface area contributed by atoms with Crippen LogP contribution in [0.15, 0.2) is 54.6 Å². The van der Waals surface area contributed by atoms with Crippen LogP contribution in [0, 0.1) is 0 Å². The maximum atomic E-state index is 12.4. The Morgan fingerprint density at radius 1 is 1.09 bits per heavy atom. The van der Waals surface area contributed by atoms with Gasteiger partial charge in [-0.3, -0.25) is 4.79 Å². The lowest BCUT2D eigenvalue weighted by Crippen LogP contribution is -2.37. The van der Waals surface area contributed by atoms with Gasteiger partial charge < -0.3 is 5.32 Å². The van der Waals surface area contributed by atoms with E-state index in [2.05, 4.69) is 55.6 Å². The number of hydrogen-bond acceptors (Lipinski definition) is 1. The molecule has 0 saturated carbocycles. The van der Waals surface area contributed by atoms with Crippen LogP contribution in [0.25, 0.3) is 0 Å². The minimum atomic E-state index is -0.0511. The van der Waals surface area contributed by atoms with Crippen molar-refractivity contribution in [2.24, 2.45) is 0 Å². The zero-order valence-electron chi connectivity index (χ0n) is 14.0. The molecule has 0 aromatic heterocycles. The Morgan fingerprint density at radius 3 is 2.57 bits per heavy atom. The first kappa shape index (κ1) is 15.8. The first-order valence-electron chi connectivity index (χ1n) is 8.46. The predicted octanol–water partition coefficient (Wildman–Crippen LogP) is 4.20. The number of carbonyl (C=O) groups is 1. The third-order valence-corrected chi connectivity index (χ3v) is 4.97. The van der Waals surface area contributed by atoms with Crippen LogP contribution >= 0.6 is 0 Å². The summed E-state index contributed by atoms with van der Waals surface area (Å²) in [5.41, 5.74) is 3.98. The Bertz CT molecular complexity index is 675. The number of nitrogens with one attached hydrogen (secondary N) is 1. The molecule has 23 heavy (non-hydrogen) atoms. The molecule has 0 aliphatic heterocycles. The summed E-state index contributed by atoms with van der Waals surface area (Å²) in [6.45, 7) is 5.02. The van der Waals surface area contributed by atoms with Crippen LogP contribution in [-0.2, 0) is 16.6 Å². The van der Waals surface area contributed by atoms with Gasteiger partial charge in [0.25, 0.3) is 0 Å². The molecule has 0 radical (unpaired) electrons. The SMILES string of the molecule is CC(C)(CNC(=O)CC1CCc2ccccc21)c1ccccc1.